The van der Waals surface area contributed by atoms with Crippen LogP contribution in [0.5, 0.6) is 0 Å². The molecule has 0 radical (unpaired) electrons. The molecule has 0 saturated carbocycles. The maximum absolute atomic E-state index is 13.7. The van der Waals surface area contributed by atoms with Crippen LogP contribution in [0.4, 0.5) is 79.0 Å². The zero-order valence-corrected chi connectivity index (χ0v) is 15.0. The van der Waals surface area contributed by atoms with Gasteiger partial charge in [0.25, 0.3) is 5.67 Å². The van der Waals surface area contributed by atoms with Crippen molar-refractivity contribution in [2.24, 2.45) is 0 Å². The lowest BCUT2D eigenvalue weighted by Crippen LogP contribution is -2.76. The van der Waals surface area contributed by atoms with E-state index in [4.69, 9.17) is 10.2 Å². The van der Waals surface area contributed by atoms with Gasteiger partial charge >= 0.3 is 47.6 Å². The fourth-order valence-corrected chi connectivity index (χ4v) is 2.20. The highest BCUT2D eigenvalue weighted by atomic mass is 19.4. The predicted molar refractivity (Wildman–Crippen MR) is 67.9 cm³/mol. The molecule has 2 nitrogen and oxygen atoms in total. The van der Waals surface area contributed by atoms with Crippen LogP contribution in [0.3, 0.4) is 0 Å². The van der Waals surface area contributed by atoms with Crippen LogP contribution in [0, 0.1) is 0 Å². The second kappa shape index (κ2) is 8.40. The highest BCUT2D eigenvalue weighted by molar-refractivity contribution is 5.18. The molecule has 0 rings (SSSR count). The van der Waals surface area contributed by atoms with E-state index in [1.165, 1.54) is 0 Å². The van der Waals surface area contributed by atoms with Gasteiger partial charge in [0.05, 0.1) is 0 Å². The van der Waals surface area contributed by atoms with Crippen molar-refractivity contribution >= 4 is 0 Å². The van der Waals surface area contributed by atoms with Gasteiger partial charge in [0, 0.05) is 26.1 Å². The second-order valence-electron chi connectivity index (χ2n) is 6.40. The number of aliphatic hydroxyl groups excluding tert-OH is 2. The van der Waals surface area contributed by atoms with Gasteiger partial charge in [0.15, 0.2) is 0 Å². The van der Waals surface area contributed by atoms with Crippen molar-refractivity contribution in [3.63, 3.8) is 0 Å². The SMILES string of the molecule is OCCC(F)(F)C(F)(F)C(F)(F)C(F)(F)C(F)(F)C(F)(F)C(F)(F)C(F)(CCO)C(F)(F)F. The van der Waals surface area contributed by atoms with Gasteiger partial charge in [0.1, 0.15) is 0 Å². The molecule has 2 N–H and O–H groups in total. The Kier molecular flexibility index (Phi) is 8.06. The van der Waals surface area contributed by atoms with Crippen LogP contribution in [0.25, 0.3) is 0 Å². The summed E-state index contributed by atoms with van der Waals surface area (Å²) < 4.78 is 239. The molecule has 0 spiro atoms. The first-order chi connectivity index (χ1) is 14.1. The van der Waals surface area contributed by atoms with Crippen molar-refractivity contribution in [2.45, 2.75) is 66.1 Å². The summed E-state index contributed by atoms with van der Waals surface area (Å²) in [6, 6.07) is 0. The monoisotopic (exact) mass is 540 g/mol. The summed E-state index contributed by atoms with van der Waals surface area (Å²) in [6.45, 7) is -4.71. The molecule has 0 aliphatic rings. The number of aliphatic hydroxyl groups is 2. The standard InChI is InChI=1S/C13H10F18O2/c14-5(1-3-32,13(29,30)31)7(17,18)9(21,22)11(25,26)12(27,28)10(23,24)8(19,20)6(15,16)2-4-33/h32-33H,1-4H2. The zero-order chi connectivity index (χ0) is 27.3. The van der Waals surface area contributed by atoms with Gasteiger partial charge in [-0.2, -0.15) is 74.6 Å². The summed E-state index contributed by atoms with van der Waals surface area (Å²) in [5.74, 6) is -57.0. The van der Waals surface area contributed by atoms with Crippen LogP contribution in [0.15, 0.2) is 0 Å². The maximum Gasteiger partial charge on any atom is 0.428 e. The Morgan fingerprint density at radius 2 is 0.636 bits per heavy atom. The van der Waals surface area contributed by atoms with Gasteiger partial charge < -0.3 is 10.2 Å². The van der Waals surface area contributed by atoms with E-state index >= 15 is 0 Å². The Bertz CT molecular complexity index is 683. The van der Waals surface area contributed by atoms with E-state index in [2.05, 4.69) is 0 Å². The third-order valence-corrected chi connectivity index (χ3v) is 4.26. The predicted octanol–water partition coefficient (Wildman–Crippen LogP) is 5.47. The minimum Gasteiger partial charge on any atom is -0.396 e. The first kappa shape index (κ1) is 31.7. The topological polar surface area (TPSA) is 40.5 Å². The average molecular weight is 540 g/mol. The molecule has 0 aromatic carbocycles. The van der Waals surface area contributed by atoms with Crippen molar-refractivity contribution in [1.82, 2.24) is 0 Å². The maximum atomic E-state index is 13.7. The number of alkyl halides is 18. The van der Waals surface area contributed by atoms with Crippen molar-refractivity contribution in [3.05, 3.63) is 0 Å². The Hall–Kier alpha value is -1.34. The van der Waals surface area contributed by atoms with Crippen LogP contribution < -0.4 is 0 Å². The van der Waals surface area contributed by atoms with E-state index in [0.717, 1.165) is 0 Å². The molecule has 0 heterocycles. The Labute approximate surface area is 170 Å². The molecule has 0 aliphatic heterocycles. The van der Waals surface area contributed by atoms with Crippen molar-refractivity contribution in [2.75, 3.05) is 13.2 Å². The molecule has 0 amide bonds. The van der Waals surface area contributed by atoms with E-state index in [0.29, 0.717) is 0 Å². The molecule has 1 atom stereocenters. The highest BCUT2D eigenvalue weighted by Crippen LogP contribution is 2.65. The van der Waals surface area contributed by atoms with Crippen molar-refractivity contribution in [3.8, 4) is 0 Å². The molecule has 20 heteroatoms. The largest absolute Gasteiger partial charge is 0.428 e. The second-order valence-corrected chi connectivity index (χ2v) is 6.40. The van der Waals surface area contributed by atoms with Crippen LogP contribution >= 0.6 is 0 Å². The third-order valence-electron chi connectivity index (χ3n) is 4.26. The zero-order valence-electron chi connectivity index (χ0n) is 15.0. The number of hydrogen-bond donors (Lipinski definition) is 2. The summed E-state index contributed by atoms with van der Waals surface area (Å²) in [7, 11) is 0. The molecule has 0 aromatic rings. The Morgan fingerprint density at radius 1 is 0.364 bits per heavy atom. The smallest absolute Gasteiger partial charge is 0.396 e. The Morgan fingerprint density at radius 3 is 0.909 bits per heavy atom. The number of rotatable bonds is 11. The van der Waals surface area contributed by atoms with Crippen molar-refractivity contribution in [1.29, 1.82) is 0 Å². The average Bonchev–Trinajstić information content (AvgIpc) is 2.59. The van der Waals surface area contributed by atoms with E-state index in [-0.39, 0.29) is 0 Å². The van der Waals surface area contributed by atoms with E-state index in [1.807, 2.05) is 0 Å². The molecule has 33 heavy (non-hydrogen) atoms. The Balaban J connectivity index is 6.98. The van der Waals surface area contributed by atoms with Gasteiger partial charge in [-0.05, 0) is 0 Å². The molecular weight excluding hydrogens is 530 g/mol. The number of hydrogen-bond acceptors (Lipinski definition) is 2. The fraction of sp³-hybridized carbons (Fsp3) is 1.00. The minimum atomic E-state index is -8.76. The van der Waals surface area contributed by atoms with E-state index in [1.54, 1.807) is 0 Å². The molecule has 0 bridgehead atoms. The van der Waals surface area contributed by atoms with Crippen LogP contribution in [0.1, 0.15) is 12.8 Å². The molecule has 0 saturated heterocycles. The number of halogens is 18. The lowest BCUT2D eigenvalue weighted by molar-refractivity contribution is -0.458. The molecule has 0 aliphatic carbocycles. The molecular formula is C13H10F18O2. The minimum absolute atomic E-state index is 2.22. The molecule has 200 valence electrons. The summed E-state index contributed by atoms with van der Waals surface area (Å²) in [5.41, 5.74) is -7.03. The third kappa shape index (κ3) is 4.07. The van der Waals surface area contributed by atoms with E-state index < -0.39 is 79.4 Å². The molecule has 0 fully saturated rings. The first-order valence-corrected chi connectivity index (χ1v) is 7.74. The molecule has 0 aromatic heterocycles. The summed E-state index contributed by atoms with van der Waals surface area (Å²) >= 11 is 0. The fourth-order valence-electron chi connectivity index (χ4n) is 2.20. The summed E-state index contributed by atoms with van der Waals surface area (Å²) in [5, 5.41) is 16.2. The normalized spacial score (nSPS) is 17.8. The summed E-state index contributed by atoms with van der Waals surface area (Å²) in [6.07, 6.45) is -13.5. The van der Waals surface area contributed by atoms with Crippen molar-refractivity contribution < 1.29 is 89.2 Å². The highest BCUT2D eigenvalue weighted by Gasteiger charge is 2.95. The van der Waals surface area contributed by atoms with Gasteiger partial charge in [-0.15, -0.1) is 0 Å². The van der Waals surface area contributed by atoms with E-state index in [9.17, 15) is 79.0 Å². The van der Waals surface area contributed by atoms with Gasteiger partial charge in [0.2, 0.25) is 0 Å². The van der Waals surface area contributed by atoms with Crippen LogP contribution in [-0.2, 0) is 0 Å². The van der Waals surface area contributed by atoms with Gasteiger partial charge in [-0.1, -0.05) is 0 Å². The lowest BCUT2D eigenvalue weighted by Gasteiger charge is -2.45. The lowest BCUT2D eigenvalue weighted by atomic mass is 9.82. The van der Waals surface area contributed by atoms with Gasteiger partial charge in [-0.25, -0.2) is 4.39 Å². The molecule has 1 unspecified atom stereocenters. The first-order valence-electron chi connectivity index (χ1n) is 7.74. The van der Waals surface area contributed by atoms with Gasteiger partial charge in [-0.3, -0.25) is 0 Å². The quantitative estimate of drug-likeness (QED) is 0.342. The van der Waals surface area contributed by atoms with Crippen LogP contribution in [-0.4, -0.2) is 76.7 Å². The summed E-state index contributed by atoms with van der Waals surface area (Å²) in [4.78, 5) is 0. The van der Waals surface area contributed by atoms with Crippen LogP contribution in [0.2, 0.25) is 0 Å².